The standard InChI is InChI=1S/C14H14IN3/c1-8-7-10(8)14-17-12(11(15)13(16)18-14)9-5-3-2-4-6-9/h2-6,8,10H,7H2,1H3,(H2,16,17,18). The van der Waals surface area contributed by atoms with Crippen molar-refractivity contribution in [3.05, 3.63) is 39.7 Å². The molecule has 1 saturated carbocycles. The van der Waals surface area contributed by atoms with Crippen LogP contribution in [0.2, 0.25) is 0 Å². The summed E-state index contributed by atoms with van der Waals surface area (Å²) in [6, 6.07) is 10.2. The second kappa shape index (κ2) is 4.50. The molecule has 0 amide bonds. The van der Waals surface area contributed by atoms with Gasteiger partial charge >= 0.3 is 0 Å². The maximum atomic E-state index is 6.01. The maximum absolute atomic E-state index is 6.01. The van der Waals surface area contributed by atoms with Crippen LogP contribution in [0.15, 0.2) is 30.3 Å². The van der Waals surface area contributed by atoms with Crippen LogP contribution < -0.4 is 5.73 Å². The molecule has 0 spiro atoms. The first-order valence-electron chi connectivity index (χ1n) is 6.05. The van der Waals surface area contributed by atoms with Crippen molar-refractivity contribution in [3.63, 3.8) is 0 Å². The van der Waals surface area contributed by atoms with Crippen LogP contribution in [0, 0.1) is 9.49 Å². The van der Waals surface area contributed by atoms with Gasteiger partial charge in [0, 0.05) is 11.5 Å². The third kappa shape index (κ3) is 2.09. The highest BCUT2D eigenvalue weighted by atomic mass is 127. The van der Waals surface area contributed by atoms with E-state index in [0.29, 0.717) is 17.7 Å². The van der Waals surface area contributed by atoms with Crippen LogP contribution >= 0.6 is 22.6 Å². The first-order chi connectivity index (χ1) is 8.66. The lowest BCUT2D eigenvalue weighted by Gasteiger charge is -2.08. The molecule has 4 heteroatoms. The predicted molar refractivity (Wildman–Crippen MR) is 81.1 cm³/mol. The number of anilines is 1. The van der Waals surface area contributed by atoms with Gasteiger partial charge in [0.2, 0.25) is 0 Å². The fourth-order valence-electron chi connectivity index (χ4n) is 2.12. The molecule has 0 bridgehead atoms. The lowest BCUT2D eigenvalue weighted by atomic mass is 10.1. The van der Waals surface area contributed by atoms with Gasteiger partial charge in [-0.15, -0.1) is 0 Å². The monoisotopic (exact) mass is 351 g/mol. The van der Waals surface area contributed by atoms with E-state index in [9.17, 15) is 0 Å². The largest absolute Gasteiger partial charge is 0.383 e. The number of aromatic nitrogens is 2. The zero-order valence-corrected chi connectivity index (χ0v) is 12.3. The molecule has 1 aliphatic carbocycles. The average molecular weight is 351 g/mol. The summed E-state index contributed by atoms with van der Waals surface area (Å²) in [6.45, 7) is 2.23. The number of nitrogen functional groups attached to an aromatic ring is 1. The van der Waals surface area contributed by atoms with Crippen LogP contribution in [-0.4, -0.2) is 9.97 Å². The Balaban J connectivity index is 2.11. The van der Waals surface area contributed by atoms with Gasteiger partial charge in [0.1, 0.15) is 11.6 Å². The molecule has 1 aromatic carbocycles. The van der Waals surface area contributed by atoms with Gasteiger partial charge in [-0.2, -0.15) is 0 Å². The number of benzene rings is 1. The van der Waals surface area contributed by atoms with E-state index in [-0.39, 0.29) is 0 Å². The third-order valence-electron chi connectivity index (χ3n) is 3.38. The number of halogens is 1. The van der Waals surface area contributed by atoms with Gasteiger partial charge in [-0.1, -0.05) is 37.3 Å². The first kappa shape index (κ1) is 11.9. The second-order valence-electron chi connectivity index (χ2n) is 4.82. The van der Waals surface area contributed by atoms with E-state index in [4.69, 9.17) is 10.7 Å². The van der Waals surface area contributed by atoms with Crippen molar-refractivity contribution in [2.45, 2.75) is 19.3 Å². The highest BCUT2D eigenvalue weighted by Gasteiger charge is 2.37. The van der Waals surface area contributed by atoms with Crippen molar-refractivity contribution in [1.29, 1.82) is 0 Å². The van der Waals surface area contributed by atoms with E-state index in [1.807, 2.05) is 18.2 Å². The fraction of sp³-hybridized carbons (Fsp3) is 0.286. The minimum absolute atomic E-state index is 0.492. The van der Waals surface area contributed by atoms with E-state index in [2.05, 4.69) is 46.6 Å². The number of hydrogen-bond donors (Lipinski definition) is 1. The zero-order chi connectivity index (χ0) is 12.7. The summed E-state index contributed by atoms with van der Waals surface area (Å²) in [5, 5.41) is 0. The summed E-state index contributed by atoms with van der Waals surface area (Å²) < 4.78 is 0.941. The third-order valence-corrected chi connectivity index (χ3v) is 4.45. The number of hydrogen-bond acceptors (Lipinski definition) is 3. The van der Waals surface area contributed by atoms with Gasteiger partial charge in [0.15, 0.2) is 0 Å². The molecule has 92 valence electrons. The molecule has 0 radical (unpaired) electrons. The molecular weight excluding hydrogens is 337 g/mol. The van der Waals surface area contributed by atoms with Gasteiger partial charge in [0.25, 0.3) is 0 Å². The highest BCUT2D eigenvalue weighted by Crippen LogP contribution is 2.46. The molecule has 1 aromatic heterocycles. The average Bonchev–Trinajstić information content (AvgIpc) is 3.11. The van der Waals surface area contributed by atoms with Gasteiger partial charge in [-0.05, 0) is 34.9 Å². The fourth-order valence-corrected chi connectivity index (χ4v) is 2.67. The zero-order valence-electron chi connectivity index (χ0n) is 10.1. The first-order valence-corrected chi connectivity index (χ1v) is 7.13. The van der Waals surface area contributed by atoms with Crippen molar-refractivity contribution < 1.29 is 0 Å². The van der Waals surface area contributed by atoms with E-state index in [1.165, 1.54) is 6.42 Å². The quantitative estimate of drug-likeness (QED) is 0.844. The summed E-state index contributed by atoms with van der Waals surface area (Å²) in [4.78, 5) is 9.15. The molecular formula is C14H14IN3. The van der Waals surface area contributed by atoms with Crippen molar-refractivity contribution >= 4 is 28.4 Å². The van der Waals surface area contributed by atoms with Crippen molar-refractivity contribution in [2.24, 2.45) is 5.92 Å². The molecule has 0 aliphatic heterocycles. The van der Waals surface area contributed by atoms with E-state index < -0.39 is 0 Å². The molecule has 3 nitrogen and oxygen atoms in total. The lowest BCUT2D eigenvalue weighted by molar-refractivity contribution is 0.845. The molecule has 1 heterocycles. The molecule has 1 aliphatic rings. The normalized spacial score (nSPS) is 21.9. The predicted octanol–water partition coefficient (Wildman–Crippen LogP) is 3.45. The Kier molecular flexibility index (Phi) is 2.97. The lowest BCUT2D eigenvalue weighted by Crippen LogP contribution is -2.04. The molecule has 2 N–H and O–H groups in total. The van der Waals surface area contributed by atoms with E-state index in [0.717, 1.165) is 20.7 Å². The topological polar surface area (TPSA) is 51.8 Å². The second-order valence-corrected chi connectivity index (χ2v) is 5.89. The van der Waals surface area contributed by atoms with Gasteiger partial charge in [-0.25, -0.2) is 9.97 Å². The van der Waals surface area contributed by atoms with Gasteiger partial charge in [-0.3, -0.25) is 0 Å². The molecule has 2 atom stereocenters. The summed E-state index contributed by atoms with van der Waals surface area (Å²) in [7, 11) is 0. The van der Waals surface area contributed by atoms with E-state index in [1.54, 1.807) is 0 Å². The molecule has 18 heavy (non-hydrogen) atoms. The Morgan fingerprint density at radius 1 is 1.22 bits per heavy atom. The van der Waals surface area contributed by atoms with Crippen LogP contribution in [0.1, 0.15) is 25.1 Å². The van der Waals surface area contributed by atoms with Crippen LogP contribution in [0.3, 0.4) is 0 Å². The smallest absolute Gasteiger partial charge is 0.141 e. The summed E-state index contributed by atoms with van der Waals surface area (Å²) in [5.74, 6) is 2.68. The van der Waals surface area contributed by atoms with Gasteiger partial charge < -0.3 is 5.73 Å². The Bertz CT molecular complexity index is 583. The Labute approximate surface area is 120 Å². The van der Waals surface area contributed by atoms with Crippen molar-refractivity contribution in [2.75, 3.05) is 5.73 Å². The Morgan fingerprint density at radius 3 is 2.50 bits per heavy atom. The molecule has 2 aromatic rings. The summed E-state index contributed by atoms with van der Waals surface area (Å²) in [5.41, 5.74) is 8.07. The molecule has 0 saturated heterocycles. The Morgan fingerprint density at radius 2 is 1.89 bits per heavy atom. The molecule has 3 rings (SSSR count). The van der Waals surface area contributed by atoms with Crippen molar-refractivity contribution in [1.82, 2.24) is 9.97 Å². The molecule has 2 unspecified atom stereocenters. The highest BCUT2D eigenvalue weighted by molar-refractivity contribution is 14.1. The summed E-state index contributed by atoms with van der Waals surface area (Å²) in [6.07, 6.45) is 1.17. The number of nitrogens with two attached hydrogens (primary N) is 1. The number of rotatable bonds is 2. The SMILES string of the molecule is CC1CC1c1nc(N)c(I)c(-c2ccccc2)n1. The van der Waals surface area contributed by atoms with Crippen LogP contribution in [0.5, 0.6) is 0 Å². The minimum Gasteiger partial charge on any atom is -0.383 e. The summed E-state index contributed by atoms with van der Waals surface area (Å²) >= 11 is 2.22. The minimum atomic E-state index is 0.492. The Hall–Kier alpha value is -1.17. The number of nitrogens with zero attached hydrogens (tertiary/aromatic N) is 2. The van der Waals surface area contributed by atoms with Crippen LogP contribution in [0.4, 0.5) is 5.82 Å². The maximum Gasteiger partial charge on any atom is 0.141 e. The van der Waals surface area contributed by atoms with Crippen LogP contribution in [0.25, 0.3) is 11.3 Å². The van der Waals surface area contributed by atoms with E-state index >= 15 is 0 Å². The van der Waals surface area contributed by atoms with Crippen LogP contribution in [-0.2, 0) is 0 Å². The molecule has 1 fully saturated rings. The van der Waals surface area contributed by atoms with Crippen molar-refractivity contribution in [3.8, 4) is 11.3 Å². The van der Waals surface area contributed by atoms with Gasteiger partial charge in [0.05, 0.1) is 9.26 Å².